The topological polar surface area (TPSA) is 0 Å². The van der Waals surface area contributed by atoms with Gasteiger partial charge in [-0.1, -0.05) is 182 Å². The zero-order chi connectivity index (χ0) is 35.3. The SMILES string of the molecule is C1=CC2C(c3ccccc3)=CC=C3c4cc(-c5ccc6c(-c7ccccc7)c7c(c(-c8ccccc8)c6c5)-c5cccc6cccc-7c56)ccc4C(=C1)C32. The maximum absolute atomic E-state index is 2.48. The van der Waals surface area contributed by atoms with Crippen molar-refractivity contribution in [1.29, 1.82) is 0 Å². The lowest BCUT2D eigenvalue weighted by atomic mass is 9.72. The van der Waals surface area contributed by atoms with Crippen LogP contribution in [0.25, 0.3) is 93.9 Å². The Balaban J connectivity index is 1.11. The molecule has 0 aliphatic heterocycles. The fourth-order valence-electron chi connectivity index (χ4n) is 10.1. The lowest BCUT2D eigenvalue weighted by Gasteiger charge is -2.31. The van der Waals surface area contributed by atoms with Crippen molar-refractivity contribution >= 4 is 38.3 Å². The van der Waals surface area contributed by atoms with Gasteiger partial charge in [0.05, 0.1) is 0 Å². The van der Waals surface area contributed by atoms with Crippen LogP contribution in [0, 0.1) is 11.8 Å². The van der Waals surface area contributed by atoms with E-state index in [-0.39, 0.29) is 0 Å². The second-order valence-corrected chi connectivity index (χ2v) is 15.1. The van der Waals surface area contributed by atoms with E-state index in [9.17, 15) is 0 Å². The average Bonchev–Trinajstić information content (AvgIpc) is 3.75. The van der Waals surface area contributed by atoms with E-state index in [1.807, 2.05) is 0 Å². The highest BCUT2D eigenvalue weighted by Crippen LogP contribution is 2.59. The summed E-state index contributed by atoms with van der Waals surface area (Å²) in [6.45, 7) is 0. The first kappa shape index (κ1) is 29.8. The van der Waals surface area contributed by atoms with Crippen LogP contribution in [0.5, 0.6) is 0 Å². The predicted molar refractivity (Wildman–Crippen MR) is 229 cm³/mol. The number of allylic oxidation sites excluding steroid dienone is 8. The standard InChI is InChI=1S/C54H34/c1-4-13-33(14-5-1)39-29-30-43-47-31-37(25-27-40(47)42-22-12-21-41(39)52(42)43)38-26-28-44-48(32-38)51(36-17-8-3-9-18-36)54-46-24-11-20-34-19-10-23-45(49(34)46)53(54)50(44)35-15-6-2-7-16-35/h1-32,41,52H. The molecular weight excluding hydrogens is 649 g/mol. The molecule has 0 nitrogen and oxygen atoms in total. The van der Waals surface area contributed by atoms with Gasteiger partial charge >= 0.3 is 0 Å². The smallest absolute Gasteiger partial charge is 0.0205 e. The summed E-state index contributed by atoms with van der Waals surface area (Å²) in [6, 6.07) is 61.0. The van der Waals surface area contributed by atoms with Gasteiger partial charge in [0.15, 0.2) is 0 Å². The second kappa shape index (κ2) is 11.4. The highest BCUT2D eigenvalue weighted by atomic mass is 14.4. The van der Waals surface area contributed by atoms with Crippen molar-refractivity contribution in [1.82, 2.24) is 0 Å². The minimum absolute atomic E-state index is 0.337. The summed E-state index contributed by atoms with van der Waals surface area (Å²) in [6.07, 6.45) is 11.8. The van der Waals surface area contributed by atoms with Crippen molar-refractivity contribution in [3.63, 3.8) is 0 Å². The van der Waals surface area contributed by atoms with E-state index in [4.69, 9.17) is 0 Å². The first-order valence-electron chi connectivity index (χ1n) is 19.1. The molecule has 0 saturated heterocycles. The van der Waals surface area contributed by atoms with Gasteiger partial charge < -0.3 is 0 Å². The predicted octanol–water partition coefficient (Wildman–Crippen LogP) is 14.3. The molecule has 54 heavy (non-hydrogen) atoms. The maximum atomic E-state index is 2.48. The third kappa shape index (κ3) is 4.14. The quantitative estimate of drug-likeness (QED) is 0.173. The van der Waals surface area contributed by atoms with Gasteiger partial charge in [0.2, 0.25) is 0 Å². The van der Waals surface area contributed by atoms with Gasteiger partial charge in [-0.05, 0) is 123 Å². The third-order valence-corrected chi connectivity index (χ3v) is 12.4. The van der Waals surface area contributed by atoms with Crippen molar-refractivity contribution in [2.75, 3.05) is 0 Å². The number of rotatable bonds is 4. The summed E-state index contributed by atoms with van der Waals surface area (Å²) >= 11 is 0. The van der Waals surface area contributed by atoms with Crippen LogP contribution in [0.3, 0.4) is 0 Å². The Morgan fingerprint density at radius 2 is 0.907 bits per heavy atom. The molecule has 0 aromatic heterocycles. The molecule has 8 aromatic rings. The van der Waals surface area contributed by atoms with Gasteiger partial charge in [-0.2, -0.15) is 0 Å². The van der Waals surface area contributed by atoms with Crippen LogP contribution in [-0.2, 0) is 0 Å². The molecule has 0 bridgehead atoms. The fourth-order valence-corrected chi connectivity index (χ4v) is 10.1. The lowest BCUT2D eigenvalue weighted by molar-refractivity contribution is 0.725. The summed E-state index contributed by atoms with van der Waals surface area (Å²) < 4.78 is 0. The Morgan fingerprint density at radius 3 is 1.59 bits per heavy atom. The Kier molecular flexibility index (Phi) is 6.27. The summed E-state index contributed by atoms with van der Waals surface area (Å²) in [5.41, 5.74) is 21.3. The van der Waals surface area contributed by atoms with Gasteiger partial charge in [0.25, 0.3) is 0 Å². The normalized spacial score (nSPS) is 17.1. The van der Waals surface area contributed by atoms with Crippen molar-refractivity contribution in [2.24, 2.45) is 11.8 Å². The Labute approximate surface area is 315 Å². The van der Waals surface area contributed by atoms with Gasteiger partial charge in [0.1, 0.15) is 0 Å². The molecule has 0 N–H and O–H groups in total. The fraction of sp³-hybridized carbons (Fsp3) is 0.0370. The maximum Gasteiger partial charge on any atom is 0.0205 e. The van der Waals surface area contributed by atoms with Gasteiger partial charge in [-0.15, -0.1) is 0 Å². The first-order chi connectivity index (χ1) is 26.8. The highest BCUT2D eigenvalue weighted by Gasteiger charge is 2.40. The second-order valence-electron chi connectivity index (χ2n) is 15.1. The monoisotopic (exact) mass is 682 g/mol. The van der Waals surface area contributed by atoms with E-state index in [1.54, 1.807) is 0 Å². The van der Waals surface area contributed by atoms with Crippen LogP contribution in [-0.4, -0.2) is 0 Å². The molecule has 0 saturated carbocycles. The highest BCUT2D eigenvalue weighted by molar-refractivity contribution is 6.27. The van der Waals surface area contributed by atoms with E-state index in [1.165, 1.54) is 111 Å². The number of hydrogen-bond donors (Lipinski definition) is 0. The summed E-state index contributed by atoms with van der Waals surface area (Å²) in [5, 5.41) is 5.21. The van der Waals surface area contributed by atoms with Crippen LogP contribution in [0.4, 0.5) is 0 Å². The van der Waals surface area contributed by atoms with Gasteiger partial charge in [-0.25, -0.2) is 0 Å². The van der Waals surface area contributed by atoms with E-state index < -0.39 is 0 Å². The summed E-state index contributed by atoms with van der Waals surface area (Å²) in [5.74, 6) is 0.687. The Morgan fingerprint density at radius 1 is 0.333 bits per heavy atom. The molecule has 12 rings (SSSR count). The summed E-state index contributed by atoms with van der Waals surface area (Å²) in [4.78, 5) is 0. The summed E-state index contributed by atoms with van der Waals surface area (Å²) in [7, 11) is 0. The molecule has 0 spiro atoms. The number of hydrogen-bond acceptors (Lipinski definition) is 0. The van der Waals surface area contributed by atoms with Crippen LogP contribution in [0.1, 0.15) is 16.7 Å². The lowest BCUT2D eigenvalue weighted by Crippen LogP contribution is -2.18. The molecule has 0 amide bonds. The van der Waals surface area contributed by atoms with Crippen molar-refractivity contribution in [2.45, 2.75) is 0 Å². The molecule has 0 radical (unpaired) electrons. The molecule has 8 aromatic carbocycles. The van der Waals surface area contributed by atoms with Crippen molar-refractivity contribution in [3.05, 3.63) is 211 Å². The molecule has 2 unspecified atom stereocenters. The van der Waals surface area contributed by atoms with E-state index >= 15 is 0 Å². The zero-order valence-corrected chi connectivity index (χ0v) is 29.6. The average molecular weight is 683 g/mol. The Bertz CT molecular complexity index is 3000. The molecule has 4 aliphatic carbocycles. The Hall–Kier alpha value is -6.76. The van der Waals surface area contributed by atoms with Crippen molar-refractivity contribution in [3.8, 4) is 55.6 Å². The zero-order valence-electron chi connectivity index (χ0n) is 29.6. The molecular formula is C54H34. The van der Waals surface area contributed by atoms with Crippen LogP contribution < -0.4 is 0 Å². The van der Waals surface area contributed by atoms with Gasteiger partial charge in [-0.3, -0.25) is 0 Å². The van der Waals surface area contributed by atoms with E-state index in [0.717, 1.165) is 0 Å². The number of benzene rings is 8. The van der Waals surface area contributed by atoms with Crippen LogP contribution in [0.15, 0.2) is 194 Å². The largest absolute Gasteiger partial charge is 0.0760 e. The third-order valence-electron chi connectivity index (χ3n) is 12.4. The molecule has 2 atom stereocenters. The van der Waals surface area contributed by atoms with Crippen LogP contribution >= 0.6 is 0 Å². The minimum atomic E-state index is 0.337. The molecule has 250 valence electrons. The number of fused-ring (bicyclic) bond motifs is 7. The minimum Gasteiger partial charge on any atom is -0.0760 e. The van der Waals surface area contributed by atoms with E-state index in [0.29, 0.717) is 11.8 Å². The van der Waals surface area contributed by atoms with E-state index in [2.05, 4.69) is 194 Å². The molecule has 4 aliphatic rings. The molecule has 0 heterocycles. The first-order valence-corrected chi connectivity index (χ1v) is 19.1. The molecule has 0 heteroatoms. The van der Waals surface area contributed by atoms with Gasteiger partial charge in [0, 0.05) is 11.8 Å². The molecule has 0 fully saturated rings. The van der Waals surface area contributed by atoms with Crippen LogP contribution in [0.2, 0.25) is 0 Å². The van der Waals surface area contributed by atoms with Crippen molar-refractivity contribution < 1.29 is 0 Å².